The molecule has 0 fully saturated rings. The van der Waals surface area contributed by atoms with Gasteiger partial charge in [0.1, 0.15) is 0 Å². The summed E-state index contributed by atoms with van der Waals surface area (Å²) in [4.78, 5) is 57.8. The minimum Gasteiger partial charge on any atom is -0.545 e. The zero-order chi connectivity index (χ0) is 19.2. The van der Waals surface area contributed by atoms with Gasteiger partial charge in [0.25, 0.3) is 17.5 Å². The summed E-state index contributed by atoms with van der Waals surface area (Å²) < 4.78 is 0. The van der Waals surface area contributed by atoms with E-state index in [0.717, 1.165) is 36.4 Å². The molecular weight excluding hydrogens is 348 g/mol. The fourth-order valence-corrected chi connectivity index (χ4v) is 2.58. The highest BCUT2D eigenvalue weighted by Gasteiger charge is 2.38. The fraction of sp³-hybridized carbons (Fsp3) is 0. The van der Waals surface area contributed by atoms with Gasteiger partial charge in [0, 0.05) is 17.7 Å². The number of nitro groups is 1. The molecule has 26 heavy (non-hydrogen) atoms. The van der Waals surface area contributed by atoms with Crippen LogP contribution in [0.5, 0.6) is 0 Å². The van der Waals surface area contributed by atoms with Gasteiger partial charge in [-0.05, 0) is 23.8 Å². The summed E-state index contributed by atoms with van der Waals surface area (Å²) in [5, 5.41) is 33.1. The first kappa shape index (κ1) is 16.8. The number of carbonyl (C=O) groups is 4. The van der Waals surface area contributed by atoms with Crippen molar-refractivity contribution in [2.24, 2.45) is 0 Å². The predicted molar refractivity (Wildman–Crippen MR) is 79.3 cm³/mol. The van der Waals surface area contributed by atoms with Crippen molar-refractivity contribution in [3.63, 3.8) is 0 Å². The van der Waals surface area contributed by atoms with Crippen molar-refractivity contribution < 1.29 is 34.3 Å². The van der Waals surface area contributed by atoms with Crippen LogP contribution in [0.25, 0.3) is 0 Å². The van der Waals surface area contributed by atoms with E-state index in [9.17, 15) is 39.5 Å². The van der Waals surface area contributed by atoms with Gasteiger partial charge in [-0.3, -0.25) is 19.7 Å². The van der Waals surface area contributed by atoms with Gasteiger partial charge in [-0.1, -0.05) is 6.07 Å². The number of anilines is 1. The maximum Gasteiger partial charge on any atom is 0.271 e. The number of carboxylic acid groups (broad SMARTS) is 2. The van der Waals surface area contributed by atoms with Crippen molar-refractivity contribution in [2.45, 2.75) is 0 Å². The van der Waals surface area contributed by atoms with Crippen molar-refractivity contribution in [3.05, 3.63) is 68.8 Å². The van der Waals surface area contributed by atoms with Crippen LogP contribution in [-0.2, 0) is 0 Å². The molecule has 0 saturated carbocycles. The van der Waals surface area contributed by atoms with Gasteiger partial charge in [0.15, 0.2) is 0 Å². The van der Waals surface area contributed by atoms with Gasteiger partial charge in [-0.15, -0.1) is 0 Å². The highest BCUT2D eigenvalue weighted by atomic mass is 16.6. The Morgan fingerprint density at radius 2 is 1.54 bits per heavy atom. The minimum atomic E-state index is -1.75. The second kappa shape index (κ2) is 5.77. The standard InChI is InChI=1S/C16H8N2O8/c19-13-9-3-1-7(15(21)22)5-11(9)14(20)17(13)12-6-8(18(25)26)2-4-10(12)16(23)24/h1-6H,(H,21,22)(H,23,24)/p-2. The Morgan fingerprint density at radius 1 is 0.885 bits per heavy atom. The Balaban J connectivity index is 2.19. The molecule has 0 aromatic heterocycles. The van der Waals surface area contributed by atoms with Gasteiger partial charge >= 0.3 is 0 Å². The van der Waals surface area contributed by atoms with Crippen molar-refractivity contribution >= 4 is 35.1 Å². The quantitative estimate of drug-likeness (QED) is 0.388. The van der Waals surface area contributed by atoms with Gasteiger partial charge in [-0.2, -0.15) is 0 Å². The third kappa shape index (κ3) is 2.45. The number of rotatable bonds is 4. The molecule has 0 unspecified atom stereocenters. The minimum absolute atomic E-state index is 0.171. The van der Waals surface area contributed by atoms with Crippen LogP contribution in [0.2, 0.25) is 0 Å². The lowest BCUT2D eigenvalue weighted by atomic mass is 10.1. The Hall–Kier alpha value is -4.08. The zero-order valence-electron chi connectivity index (χ0n) is 12.6. The maximum atomic E-state index is 12.5. The van der Waals surface area contributed by atoms with Crippen LogP contribution >= 0.6 is 0 Å². The van der Waals surface area contributed by atoms with E-state index < -0.39 is 45.6 Å². The molecule has 130 valence electrons. The summed E-state index contributed by atoms with van der Waals surface area (Å²) in [7, 11) is 0. The van der Waals surface area contributed by atoms with Crippen LogP contribution in [0.1, 0.15) is 41.4 Å². The van der Waals surface area contributed by atoms with Gasteiger partial charge in [-0.25, -0.2) is 4.90 Å². The maximum absolute atomic E-state index is 12.5. The number of hydrogen-bond donors (Lipinski definition) is 0. The molecule has 2 aromatic rings. The molecule has 0 bridgehead atoms. The normalized spacial score (nSPS) is 12.8. The van der Waals surface area contributed by atoms with E-state index in [1.165, 1.54) is 0 Å². The summed E-state index contributed by atoms with van der Waals surface area (Å²) in [6.45, 7) is 0. The van der Waals surface area contributed by atoms with Gasteiger partial charge < -0.3 is 19.8 Å². The number of amides is 2. The number of carbonyl (C=O) groups excluding carboxylic acids is 4. The molecule has 2 amide bonds. The lowest BCUT2D eigenvalue weighted by molar-refractivity contribution is -0.384. The van der Waals surface area contributed by atoms with Gasteiger partial charge in [0.2, 0.25) is 0 Å². The Bertz CT molecular complexity index is 1030. The molecule has 1 heterocycles. The second-order valence-corrected chi connectivity index (χ2v) is 5.24. The summed E-state index contributed by atoms with van der Waals surface area (Å²) in [6.07, 6.45) is 0. The molecule has 1 aliphatic heterocycles. The number of benzene rings is 2. The fourth-order valence-electron chi connectivity index (χ4n) is 2.58. The largest absolute Gasteiger partial charge is 0.545 e. The summed E-state index contributed by atoms with van der Waals surface area (Å²) >= 11 is 0. The van der Waals surface area contributed by atoms with Crippen LogP contribution < -0.4 is 15.1 Å². The van der Waals surface area contributed by atoms with Crippen LogP contribution in [0.3, 0.4) is 0 Å². The van der Waals surface area contributed by atoms with E-state index in [1.54, 1.807) is 0 Å². The Kier molecular flexibility index (Phi) is 3.72. The van der Waals surface area contributed by atoms with Crippen LogP contribution in [-0.4, -0.2) is 28.7 Å². The first-order valence-electron chi connectivity index (χ1n) is 6.96. The van der Waals surface area contributed by atoms with Crippen LogP contribution in [0.4, 0.5) is 11.4 Å². The molecular formula is C16H6N2O8-2. The number of fused-ring (bicyclic) bond motifs is 1. The smallest absolute Gasteiger partial charge is 0.271 e. The molecule has 0 aliphatic carbocycles. The number of non-ortho nitro benzene ring substituents is 1. The zero-order valence-corrected chi connectivity index (χ0v) is 12.6. The molecule has 0 spiro atoms. The average Bonchev–Trinajstić information content (AvgIpc) is 2.84. The van der Waals surface area contributed by atoms with E-state index >= 15 is 0 Å². The molecule has 1 aliphatic rings. The molecule has 0 N–H and O–H groups in total. The third-order valence-electron chi connectivity index (χ3n) is 3.78. The topological polar surface area (TPSA) is 161 Å². The van der Waals surface area contributed by atoms with Crippen molar-refractivity contribution in [1.29, 1.82) is 0 Å². The second-order valence-electron chi connectivity index (χ2n) is 5.24. The summed E-state index contributed by atoms with van der Waals surface area (Å²) in [5.74, 6) is -5.28. The van der Waals surface area contributed by atoms with E-state index in [-0.39, 0.29) is 16.7 Å². The first-order chi connectivity index (χ1) is 12.2. The van der Waals surface area contributed by atoms with E-state index in [0.29, 0.717) is 4.90 Å². The monoisotopic (exact) mass is 354 g/mol. The van der Waals surface area contributed by atoms with E-state index in [4.69, 9.17) is 0 Å². The number of nitrogens with zero attached hydrogens (tertiary/aromatic N) is 2. The number of hydrogen-bond acceptors (Lipinski definition) is 8. The lowest BCUT2D eigenvalue weighted by Gasteiger charge is -2.18. The molecule has 0 saturated heterocycles. The molecule has 10 nitrogen and oxygen atoms in total. The Morgan fingerprint density at radius 3 is 2.12 bits per heavy atom. The molecule has 0 atom stereocenters. The third-order valence-corrected chi connectivity index (χ3v) is 3.78. The van der Waals surface area contributed by atoms with Crippen LogP contribution in [0.15, 0.2) is 36.4 Å². The number of nitro benzene ring substituents is 1. The number of imide groups is 1. The van der Waals surface area contributed by atoms with Gasteiger partial charge in [0.05, 0.1) is 33.7 Å². The first-order valence-corrected chi connectivity index (χ1v) is 6.96. The van der Waals surface area contributed by atoms with Crippen molar-refractivity contribution in [3.8, 4) is 0 Å². The molecule has 10 heteroatoms. The predicted octanol–water partition coefficient (Wildman–Crippen LogP) is -0.878. The summed E-state index contributed by atoms with van der Waals surface area (Å²) in [5.41, 5.74) is -2.50. The average molecular weight is 354 g/mol. The SMILES string of the molecule is O=C([O-])c1ccc2c(c1)C(=O)N(c1cc([N+](=O)[O-])ccc1C(=O)[O-])C2=O. The highest BCUT2D eigenvalue weighted by Crippen LogP contribution is 2.33. The molecule has 0 radical (unpaired) electrons. The summed E-state index contributed by atoms with van der Waals surface area (Å²) in [6, 6.07) is 5.54. The molecule has 2 aromatic carbocycles. The van der Waals surface area contributed by atoms with E-state index in [2.05, 4.69) is 0 Å². The molecule has 3 rings (SSSR count). The van der Waals surface area contributed by atoms with E-state index in [1.807, 2.05) is 0 Å². The van der Waals surface area contributed by atoms with Crippen molar-refractivity contribution in [1.82, 2.24) is 0 Å². The lowest BCUT2D eigenvalue weighted by Crippen LogP contribution is -2.33. The van der Waals surface area contributed by atoms with Crippen molar-refractivity contribution in [2.75, 3.05) is 4.90 Å². The number of aromatic carboxylic acids is 2. The highest BCUT2D eigenvalue weighted by molar-refractivity contribution is 6.35. The van der Waals surface area contributed by atoms with Crippen LogP contribution in [0, 0.1) is 10.1 Å². The Labute approximate surface area is 144 Å². The number of carboxylic acids is 2.